The zero-order valence-electron chi connectivity index (χ0n) is 15.0. The van der Waals surface area contributed by atoms with Crippen LogP contribution in [0.3, 0.4) is 0 Å². The standard InChI is InChI=1S/C22H14F3N3O/c23-17-11-19(25)18(24)10-16(17)21-20(6-3-9-28-21)29-22(14-4-1-7-26-12-14)15-5-2-8-27-13-15/h1-13,22H. The van der Waals surface area contributed by atoms with Crippen LogP contribution >= 0.6 is 0 Å². The second-order valence-corrected chi connectivity index (χ2v) is 6.17. The van der Waals surface area contributed by atoms with Gasteiger partial charge >= 0.3 is 0 Å². The number of hydrogen-bond acceptors (Lipinski definition) is 4. The molecule has 0 saturated heterocycles. The molecule has 3 aromatic heterocycles. The Morgan fingerprint density at radius 2 is 1.34 bits per heavy atom. The summed E-state index contributed by atoms with van der Waals surface area (Å²) in [5.74, 6) is -3.18. The first-order valence-electron chi connectivity index (χ1n) is 8.70. The average Bonchev–Trinajstić information content (AvgIpc) is 2.76. The van der Waals surface area contributed by atoms with Crippen LogP contribution in [0.15, 0.2) is 79.5 Å². The second kappa shape index (κ2) is 8.10. The number of pyridine rings is 3. The van der Waals surface area contributed by atoms with Crippen LogP contribution in [0, 0.1) is 17.5 Å². The average molecular weight is 393 g/mol. The van der Waals surface area contributed by atoms with Gasteiger partial charge in [0.1, 0.15) is 17.3 Å². The minimum absolute atomic E-state index is 0.0571. The van der Waals surface area contributed by atoms with Crippen LogP contribution in [0.2, 0.25) is 0 Å². The Hall–Kier alpha value is -3.74. The maximum atomic E-state index is 14.4. The molecule has 0 saturated carbocycles. The number of benzene rings is 1. The van der Waals surface area contributed by atoms with Gasteiger partial charge in [-0.15, -0.1) is 0 Å². The third kappa shape index (κ3) is 3.94. The summed E-state index contributed by atoms with van der Waals surface area (Å²) in [5, 5.41) is 0. The van der Waals surface area contributed by atoms with Crippen LogP contribution in [0.5, 0.6) is 5.75 Å². The lowest BCUT2D eigenvalue weighted by Crippen LogP contribution is -2.11. The van der Waals surface area contributed by atoms with Crippen molar-refractivity contribution in [2.75, 3.05) is 0 Å². The highest BCUT2D eigenvalue weighted by molar-refractivity contribution is 5.67. The highest BCUT2D eigenvalue weighted by Crippen LogP contribution is 2.35. The maximum absolute atomic E-state index is 14.4. The summed E-state index contributed by atoms with van der Waals surface area (Å²) in [7, 11) is 0. The van der Waals surface area contributed by atoms with E-state index in [0.717, 1.165) is 17.2 Å². The van der Waals surface area contributed by atoms with Crippen LogP contribution in [0.1, 0.15) is 17.2 Å². The van der Waals surface area contributed by atoms with Crippen molar-refractivity contribution in [3.8, 4) is 17.0 Å². The molecule has 0 aliphatic carbocycles. The van der Waals surface area contributed by atoms with Crippen molar-refractivity contribution in [3.05, 3.63) is 108 Å². The maximum Gasteiger partial charge on any atom is 0.161 e. The van der Waals surface area contributed by atoms with Crippen molar-refractivity contribution in [1.82, 2.24) is 15.0 Å². The van der Waals surface area contributed by atoms with Crippen molar-refractivity contribution in [1.29, 1.82) is 0 Å². The normalized spacial score (nSPS) is 10.9. The summed E-state index contributed by atoms with van der Waals surface area (Å²) >= 11 is 0. The van der Waals surface area contributed by atoms with E-state index in [1.807, 2.05) is 12.1 Å². The third-order valence-electron chi connectivity index (χ3n) is 4.25. The van der Waals surface area contributed by atoms with Gasteiger partial charge in [0.15, 0.2) is 17.7 Å². The van der Waals surface area contributed by atoms with Gasteiger partial charge in [-0.3, -0.25) is 15.0 Å². The lowest BCUT2D eigenvalue weighted by atomic mass is 10.0. The Balaban J connectivity index is 1.80. The lowest BCUT2D eigenvalue weighted by Gasteiger charge is -2.21. The molecule has 0 N–H and O–H groups in total. The fourth-order valence-electron chi connectivity index (χ4n) is 2.91. The molecule has 3 heterocycles. The van der Waals surface area contributed by atoms with Gasteiger partial charge in [-0.2, -0.15) is 0 Å². The molecule has 4 nitrogen and oxygen atoms in total. The molecule has 7 heteroatoms. The summed E-state index contributed by atoms with van der Waals surface area (Å²) in [6.07, 6.45) is 7.36. The first-order chi connectivity index (χ1) is 14.1. The number of rotatable bonds is 5. The molecule has 29 heavy (non-hydrogen) atoms. The Morgan fingerprint density at radius 3 is 1.97 bits per heavy atom. The summed E-state index contributed by atoms with van der Waals surface area (Å²) < 4.78 is 47.6. The number of aromatic nitrogens is 3. The molecule has 0 aliphatic rings. The van der Waals surface area contributed by atoms with Gasteiger partial charge in [0.05, 0.1) is 0 Å². The fraction of sp³-hybridized carbons (Fsp3) is 0.0455. The van der Waals surface area contributed by atoms with Crippen LogP contribution in [0.4, 0.5) is 13.2 Å². The smallest absolute Gasteiger partial charge is 0.161 e. The van der Waals surface area contributed by atoms with Crippen molar-refractivity contribution >= 4 is 0 Å². The van der Waals surface area contributed by atoms with Gasteiger partial charge in [0, 0.05) is 53.7 Å². The summed E-state index contributed by atoms with van der Waals surface area (Å²) in [6, 6.07) is 11.6. The van der Waals surface area contributed by atoms with E-state index in [4.69, 9.17) is 4.74 Å². The van der Waals surface area contributed by atoms with E-state index in [-0.39, 0.29) is 17.0 Å². The van der Waals surface area contributed by atoms with E-state index in [1.54, 1.807) is 49.1 Å². The molecule has 144 valence electrons. The van der Waals surface area contributed by atoms with Crippen LogP contribution in [-0.2, 0) is 0 Å². The van der Waals surface area contributed by atoms with E-state index in [1.165, 1.54) is 6.20 Å². The number of nitrogens with zero attached hydrogens (tertiary/aromatic N) is 3. The van der Waals surface area contributed by atoms with Gasteiger partial charge in [-0.05, 0) is 30.3 Å². The topological polar surface area (TPSA) is 47.9 Å². The van der Waals surface area contributed by atoms with Crippen LogP contribution < -0.4 is 4.74 Å². The Bertz CT molecular complexity index is 1090. The number of halogens is 3. The molecule has 4 rings (SSSR count). The minimum atomic E-state index is -1.27. The lowest BCUT2D eigenvalue weighted by molar-refractivity contribution is 0.246. The molecule has 0 spiro atoms. The predicted molar refractivity (Wildman–Crippen MR) is 100 cm³/mol. The van der Waals surface area contributed by atoms with Crippen molar-refractivity contribution in [2.24, 2.45) is 0 Å². The van der Waals surface area contributed by atoms with Crippen LogP contribution in [0.25, 0.3) is 11.3 Å². The molecular weight excluding hydrogens is 379 g/mol. The largest absolute Gasteiger partial charge is 0.479 e. The van der Waals surface area contributed by atoms with E-state index in [2.05, 4.69) is 15.0 Å². The zero-order chi connectivity index (χ0) is 20.2. The van der Waals surface area contributed by atoms with Crippen molar-refractivity contribution in [2.45, 2.75) is 6.10 Å². The summed E-state index contributed by atoms with van der Waals surface area (Å²) in [6.45, 7) is 0. The Labute approximate surface area is 164 Å². The molecular formula is C22H14F3N3O. The predicted octanol–water partition coefficient (Wildman–Crippen LogP) is 5.12. The molecule has 0 amide bonds. The van der Waals surface area contributed by atoms with E-state index >= 15 is 0 Å². The monoisotopic (exact) mass is 393 g/mol. The highest BCUT2D eigenvalue weighted by Gasteiger charge is 2.21. The van der Waals surface area contributed by atoms with Gasteiger partial charge in [-0.1, -0.05) is 12.1 Å². The van der Waals surface area contributed by atoms with Gasteiger partial charge in [0.25, 0.3) is 0 Å². The van der Waals surface area contributed by atoms with E-state index in [0.29, 0.717) is 6.07 Å². The molecule has 0 aliphatic heterocycles. The van der Waals surface area contributed by atoms with Crippen LogP contribution in [-0.4, -0.2) is 15.0 Å². The number of ether oxygens (including phenoxy) is 1. The molecule has 1 aromatic carbocycles. The third-order valence-corrected chi connectivity index (χ3v) is 4.25. The van der Waals surface area contributed by atoms with E-state index in [9.17, 15) is 13.2 Å². The quantitative estimate of drug-likeness (QED) is 0.442. The molecule has 0 atom stereocenters. The van der Waals surface area contributed by atoms with E-state index < -0.39 is 23.6 Å². The SMILES string of the molecule is Fc1cc(F)c(-c2ncccc2OC(c2cccnc2)c2cccnc2)cc1F. The first kappa shape index (κ1) is 18.6. The van der Waals surface area contributed by atoms with Gasteiger partial charge in [-0.25, -0.2) is 13.2 Å². The fourth-order valence-corrected chi connectivity index (χ4v) is 2.91. The van der Waals surface area contributed by atoms with Gasteiger partial charge < -0.3 is 4.74 Å². The minimum Gasteiger partial charge on any atom is -0.479 e. The zero-order valence-corrected chi connectivity index (χ0v) is 15.0. The second-order valence-electron chi connectivity index (χ2n) is 6.17. The molecule has 0 bridgehead atoms. The number of hydrogen-bond donors (Lipinski definition) is 0. The Morgan fingerprint density at radius 1 is 0.724 bits per heavy atom. The first-order valence-corrected chi connectivity index (χ1v) is 8.70. The summed E-state index contributed by atoms with van der Waals surface area (Å²) in [4.78, 5) is 12.4. The van der Waals surface area contributed by atoms with Crippen molar-refractivity contribution in [3.63, 3.8) is 0 Å². The Kier molecular flexibility index (Phi) is 5.20. The molecule has 0 unspecified atom stereocenters. The molecule has 4 aromatic rings. The van der Waals surface area contributed by atoms with Gasteiger partial charge in [0.2, 0.25) is 0 Å². The molecule has 0 radical (unpaired) electrons. The molecule has 0 fully saturated rings. The summed E-state index contributed by atoms with van der Waals surface area (Å²) in [5.41, 5.74) is 1.33. The highest BCUT2D eigenvalue weighted by atomic mass is 19.2. The van der Waals surface area contributed by atoms with Crippen molar-refractivity contribution < 1.29 is 17.9 Å².